The molecular formula is C23H28N4OS. The highest BCUT2D eigenvalue weighted by Gasteiger charge is 2.21. The van der Waals surface area contributed by atoms with Crippen LogP contribution < -0.4 is 5.56 Å². The molecule has 0 amide bonds. The number of benzene rings is 1. The summed E-state index contributed by atoms with van der Waals surface area (Å²) >= 11 is 1.74. The largest absolute Gasteiger partial charge is 0.309 e. The molecule has 1 fully saturated rings. The van der Waals surface area contributed by atoms with E-state index in [-0.39, 0.29) is 5.56 Å². The van der Waals surface area contributed by atoms with Crippen molar-refractivity contribution in [3.05, 3.63) is 62.5 Å². The van der Waals surface area contributed by atoms with Crippen molar-refractivity contribution in [3.8, 4) is 0 Å². The van der Waals surface area contributed by atoms with Crippen molar-refractivity contribution in [3.63, 3.8) is 0 Å². The molecule has 2 aromatic heterocycles. The molecule has 0 atom stereocenters. The Labute approximate surface area is 175 Å². The Morgan fingerprint density at radius 1 is 1.00 bits per heavy atom. The maximum atomic E-state index is 12.7. The molecule has 5 rings (SSSR count). The molecule has 0 spiro atoms. The lowest BCUT2D eigenvalue weighted by Gasteiger charge is -2.34. The topological polar surface area (TPSA) is 52.2 Å². The van der Waals surface area contributed by atoms with E-state index in [1.165, 1.54) is 28.8 Å². The van der Waals surface area contributed by atoms with Gasteiger partial charge in [-0.1, -0.05) is 30.3 Å². The van der Waals surface area contributed by atoms with Crippen LogP contribution in [0.5, 0.6) is 0 Å². The van der Waals surface area contributed by atoms with E-state index in [0.717, 1.165) is 74.6 Å². The molecule has 3 heterocycles. The second-order valence-electron chi connectivity index (χ2n) is 8.26. The Morgan fingerprint density at radius 2 is 1.76 bits per heavy atom. The molecule has 5 nitrogen and oxygen atoms in total. The Morgan fingerprint density at radius 3 is 2.59 bits per heavy atom. The first-order valence-corrected chi connectivity index (χ1v) is 11.6. The van der Waals surface area contributed by atoms with E-state index in [1.807, 2.05) is 0 Å². The lowest BCUT2D eigenvalue weighted by molar-refractivity contribution is 0.126. The van der Waals surface area contributed by atoms with Gasteiger partial charge in [0.15, 0.2) is 0 Å². The molecule has 0 saturated carbocycles. The van der Waals surface area contributed by atoms with Crippen molar-refractivity contribution in [1.82, 2.24) is 19.8 Å². The number of aromatic nitrogens is 2. The Kier molecular flexibility index (Phi) is 5.48. The normalized spacial score (nSPS) is 18.2. The van der Waals surface area contributed by atoms with Crippen LogP contribution in [-0.2, 0) is 25.8 Å². The van der Waals surface area contributed by atoms with Gasteiger partial charge in [0.25, 0.3) is 5.56 Å². The number of H-pyrrole nitrogens is 1. The summed E-state index contributed by atoms with van der Waals surface area (Å²) in [5.74, 6) is 0.818. The first kappa shape index (κ1) is 19.0. The van der Waals surface area contributed by atoms with Crippen molar-refractivity contribution in [2.45, 2.75) is 38.6 Å². The monoisotopic (exact) mass is 408 g/mol. The molecule has 6 heteroatoms. The number of rotatable bonds is 5. The number of aryl methyl sites for hydroxylation is 2. The van der Waals surface area contributed by atoms with Gasteiger partial charge in [-0.25, -0.2) is 4.98 Å². The molecule has 2 aliphatic rings. The highest BCUT2D eigenvalue weighted by Crippen LogP contribution is 2.33. The molecule has 1 aliphatic heterocycles. The number of fused-ring (bicyclic) bond motifs is 3. The van der Waals surface area contributed by atoms with Gasteiger partial charge in [-0.05, 0) is 43.2 Å². The third-order valence-electron chi connectivity index (χ3n) is 6.27. The molecule has 3 aromatic rings. The molecule has 1 N–H and O–H groups in total. The minimum Gasteiger partial charge on any atom is -0.309 e. The van der Waals surface area contributed by atoms with E-state index in [4.69, 9.17) is 4.98 Å². The van der Waals surface area contributed by atoms with Crippen LogP contribution in [0.2, 0.25) is 0 Å². The average molecular weight is 409 g/mol. The van der Waals surface area contributed by atoms with Crippen LogP contribution in [0.3, 0.4) is 0 Å². The Hall–Kier alpha value is -2.02. The van der Waals surface area contributed by atoms with E-state index in [0.29, 0.717) is 0 Å². The summed E-state index contributed by atoms with van der Waals surface area (Å²) in [6.45, 7) is 6.05. The molecule has 1 saturated heterocycles. The van der Waals surface area contributed by atoms with E-state index in [2.05, 4.69) is 45.1 Å². The smallest absolute Gasteiger partial charge is 0.259 e. The molecule has 1 aliphatic carbocycles. The average Bonchev–Trinajstić information content (AvgIpc) is 3.13. The van der Waals surface area contributed by atoms with Crippen molar-refractivity contribution in [1.29, 1.82) is 0 Å². The van der Waals surface area contributed by atoms with Gasteiger partial charge in [-0.15, -0.1) is 11.3 Å². The lowest BCUT2D eigenvalue weighted by atomic mass is 9.97. The molecular weight excluding hydrogens is 380 g/mol. The molecule has 152 valence electrons. The summed E-state index contributed by atoms with van der Waals surface area (Å²) in [6.07, 6.45) is 5.67. The fourth-order valence-corrected chi connectivity index (χ4v) is 5.88. The zero-order valence-electron chi connectivity index (χ0n) is 16.8. The Balaban J connectivity index is 1.20. The van der Waals surface area contributed by atoms with E-state index >= 15 is 0 Å². The first-order valence-electron chi connectivity index (χ1n) is 10.8. The van der Waals surface area contributed by atoms with Gasteiger partial charge in [0.05, 0.1) is 11.9 Å². The lowest BCUT2D eigenvalue weighted by Crippen LogP contribution is -2.46. The van der Waals surface area contributed by atoms with Crippen LogP contribution in [0, 0.1) is 0 Å². The zero-order valence-corrected chi connectivity index (χ0v) is 17.6. The molecule has 0 radical (unpaired) electrons. The van der Waals surface area contributed by atoms with Crippen molar-refractivity contribution in [2.24, 2.45) is 0 Å². The molecule has 29 heavy (non-hydrogen) atoms. The van der Waals surface area contributed by atoms with Crippen LogP contribution in [-0.4, -0.2) is 52.5 Å². The van der Waals surface area contributed by atoms with Crippen LogP contribution >= 0.6 is 11.3 Å². The molecule has 1 aromatic carbocycles. The third kappa shape index (κ3) is 4.15. The number of hydrogen-bond acceptors (Lipinski definition) is 5. The van der Waals surface area contributed by atoms with Crippen molar-refractivity contribution < 1.29 is 0 Å². The Bertz CT molecular complexity index is 1030. The van der Waals surface area contributed by atoms with Crippen LogP contribution in [0.25, 0.3) is 10.2 Å². The summed E-state index contributed by atoms with van der Waals surface area (Å²) in [5, 5.41) is 0.860. The summed E-state index contributed by atoms with van der Waals surface area (Å²) in [6, 6.07) is 10.7. The fraction of sp³-hybridized carbons (Fsp3) is 0.478. The standard InChI is InChI=1S/C23H28N4OS/c28-22-21-18-8-4-5-9-19(18)29-23(21)25-20(24-22)16-27-14-12-26(13-15-27)11-10-17-6-2-1-3-7-17/h1-3,6-7H,4-5,8-16H2,(H,24,25,28). The third-order valence-corrected chi connectivity index (χ3v) is 7.46. The minimum atomic E-state index is 0.0610. The quantitative estimate of drug-likeness (QED) is 0.704. The number of piperazine rings is 1. The van der Waals surface area contributed by atoms with Gasteiger partial charge in [0.2, 0.25) is 0 Å². The summed E-state index contributed by atoms with van der Waals surface area (Å²) in [7, 11) is 0. The molecule has 0 unspecified atom stereocenters. The summed E-state index contributed by atoms with van der Waals surface area (Å²) in [4.78, 5) is 27.9. The number of hydrogen-bond donors (Lipinski definition) is 1. The first-order chi connectivity index (χ1) is 14.3. The maximum absolute atomic E-state index is 12.7. The highest BCUT2D eigenvalue weighted by atomic mass is 32.1. The van der Waals surface area contributed by atoms with E-state index in [9.17, 15) is 4.79 Å². The van der Waals surface area contributed by atoms with Gasteiger partial charge in [0.1, 0.15) is 10.7 Å². The fourth-order valence-electron chi connectivity index (χ4n) is 4.60. The second kappa shape index (κ2) is 8.38. The second-order valence-corrected chi connectivity index (χ2v) is 9.34. The van der Waals surface area contributed by atoms with Gasteiger partial charge in [0, 0.05) is 37.6 Å². The highest BCUT2D eigenvalue weighted by molar-refractivity contribution is 7.18. The van der Waals surface area contributed by atoms with Crippen LogP contribution in [0.4, 0.5) is 0 Å². The summed E-state index contributed by atoms with van der Waals surface area (Å²) < 4.78 is 0. The SMILES string of the molecule is O=c1[nH]c(CN2CCN(CCc3ccccc3)CC2)nc2sc3c(c12)CCCC3. The molecule has 0 bridgehead atoms. The van der Waals surface area contributed by atoms with E-state index < -0.39 is 0 Å². The maximum Gasteiger partial charge on any atom is 0.259 e. The predicted octanol–water partition coefficient (Wildman–Crippen LogP) is 3.22. The number of thiophene rings is 1. The zero-order chi connectivity index (χ0) is 19.6. The predicted molar refractivity (Wildman–Crippen MR) is 119 cm³/mol. The van der Waals surface area contributed by atoms with Crippen LogP contribution in [0.15, 0.2) is 35.1 Å². The van der Waals surface area contributed by atoms with E-state index in [1.54, 1.807) is 11.3 Å². The van der Waals surface area contributed by atoms with Crippen LogP contribution in [0.1, 0.15) is 34.7 Å². The van der Waals surface area contributed by atoms with Gasteiger partial charge in [-0.3, -0.25) is 9.69 Å². The minimum absolute atomic E-state index is 0.0610. The van der Waals surface area contributed by atoms with Crippen molar-refractivity contribution in [2.75, 3.05) is 32.7 Å². The van der Waals surface area contributed by atoms with Crippen molar-refractivity contribution >= 4 is 21.6 Å². The van der Waals surface area contributed by atoms with Gasteiger partial charge < -0.3 is 9.88 Å². The van der Waals surface area contributed by atoms with Gasteiger partial charge >= 0.3 is 0 Å². The summed E-state index contributed by atoms with van der Waals surface area (Å²) in [5.41, 5.74) is 2.73. The van der Waals surface area contributed by atoms with Gasteiger partial charge in [-0.2, -0.15) is 0 Å². The number of nitrogens with zero attached hydrogens (tertiary/aromatic N) is 3. The number of nitrogens with one attached hydrogen (secondary N) is 1. The number of aromatic amines is 1.